The fourth-order valence-electron chi connectivity index (χ4n) is 2.81. The van der Waals surface area contributed by atoms with Crippen LogP contribution in [0.25, 0.3) is 5.76 Å². The van der Waals surface area contributed by atoms with E-state index in [4.69, 9.17) is 9.47 Å². The van der Waals surface area contributed by atoms with E-state index in [0.29, 0.717) is 12.8 Å². The minimum absolute atomic E-state index is 0.0373. The van der Waals surface area contributed by atoms with Gasteiger partial charge in [-0.1, -0.05) is 6.92 Å². The molecule has 0 aliphatic heterocycles. The lowest BCUT2D eigenvalue weighted by Gasteiger charge is -2.21. The van der Waals surface area contributed by atoms with Gasteiger partial charge in [0.25, 0.3) is 0 Å². The van der Waals surface area contributed by atoms with E-state index in [-0.39, 0.29) is 46.8 Å². The minimum atomic E-state index is -0.888. The Morgan fingerprint density at radius 1 is 1.08 bits per heavy atom. The number of benzene rings is 1. The second-order valence-corrected chi connectivity index (χ2v) is 5.66. The van der Waals surface area contributed by atoms with Crippen LogP contribution in [0.15, 0.2) is 11.6 Å². The van der Waals surface area contributed by atoms with Crippen molar-refractivity contribution < 1.29 is 34.1 Å². The Morgan fingerprint density at radius 2 is 1.76 bits per heavy atom. The minimum Gasteiger partial charge on any atom is -0.507 e. The predicted molar refractivity (Wildman–Crippen MR) is 89.2 cm³/mol. The van der Waals surface area contributed by atoms with E-state index in [1.54, 1.807) is 0 Å². The smallest absolute Gasteiger partial charge is 0.234 e. The van der Waals surface area contributed by atoms with Crippen LogP contribution in [0, 0.1) is 0 Å². The highest BCUT2D eigenvalue weighted by molar-refractivity contribution is 6.52. The molecule has 0 fully saturated rings. The van der Waals surface area contributed by atoms with Crippen LogP contribution in [0.4, 0.5) is 0 Å². The number of rotatable bonds is 7. The summed E-state index contributed by atoms with van der Waals surface area (Å²) in [6, 6.07) is 1.24. The molecule has 7 nitrogen and oxygen atoms in total. The summed E-state index contributed by atoms with van der Waals surface area (Å²) >= 11 is 0. The Labute approximate surface area is 144 Å². The Kier molecular flexibility index (Phi) is 5.46. The first-order valence-corrected chi connectivity index (χ1v) is 7.88. The van der Waals surface area contributed by atoms with Crippen LogP contribution in [-0.4, -0.2) is 41.8 Å². The first-order valence-electron chi connectivity index (χ1n) is 7.88. The Bertz CT molecular complexity index is 774. The largest absolute Gasteiger partial charge is 0.507 e. The molecule has 0 atom stereocenters. The van der Waals surface area contributed by atoms with Crippen molar-refractivity contribution in [2.75, 3.05) is 14.2 Å². The summed E-state index contributed by atoms with van der Waals surface area (Å²) in [5.41, 5.74) is -0.522. The first-order chi connectivity index (χ1) is 11.9. The second-order valence-electron chi connectivity index (χ2n) is 5.66. The molecule has 25 heavy (non-hydrogen) atoms. The van der Waals surface area contributed by atoms with Gasteiger partial charge in [0, 0.05) is 24.0 Å². The van der Waals surface area contributed by atoms with E-state index >= 15 is 0 Å². The van der Waals surface area contributed by atoms with Crippen molar-refractivity contribution in [1.82, 2.24) is 0 Å². The number of carbonyl (C=O) groups is 3. The predicted octanol–water partition coefficient (Wildman–Crippen LogP) is 2.59. The molecule has 0 heterocycles. The van der Waals surface area contributed by atoms with Crippen LogP contribution in [0.5, 0.6) is 17.2 Å². The van der Waals surface area contributed by atoms with Gasteiger partial charge in [-0.15, -0.1) is 0 Å². The van der Waals surface area contributed by atoms with Gasteiger partial charge in [0.15, 0.2) is 11.5 Å². The van der Waals surface area contributed by atoms with E-state index in [0.717, 1.165) is 0 Å². The fraction of sp³-hybridized carbons (Fsp3) is 0.389. The van der Waals surface area contributed by atoms with Gasteiger partial charge in [-0.3, -0.25) is 14.4 Å². The zero-order valence-corrected chi connectivity index (χ0v) is 14.3. The van der Waals surface area contributed by atoms with Crippen LogP contribution >= 0.6 is 0 Å². The molecular formula is C18H20O7. The molecule has 0 spiro atoms. The Hall–Kier alpha value is -2.83. The van der Waals surface area contributed by atoms with E-state index < -0.39 is 23.1 Å². The lowest BCUT2D eigenvalue weighted by Crippen LogP contribution is -2.25. The van der Waals surface area contributed by atoms with E-state index in [2.05, 4.69) is 0 Å². The maximum Gasteiger partial charge on any atom is 0.234 e. The number of hydrogen-bond acceptors (Lipinski definition) is 7. The molecule has 0 bridgehead atoms. The third-order valence-electron chi connectivity index (χ3n) is 4.07. The third-order valence-corrected chi connectivity index (χ3v) is 4.07. The molecule has 0 saturated carbocycles. The number of Topliss-reactive ketones (excluding diaryl/α,β-unsaturated/α-hetero) is 3. The maximum absolute atomic E-state index is 12.4. The number of carbonyl (C=O) groups excluding carboxylic acids is 3. The van der Waals surface area contributed by atoms with E-state index in [1.807, 2.05) is 6.92 Å². The number of ketones is 3. The summed E-state index contributed by atoms with van der Waals surface area (Å²) in [7, 11) is 2.62. The zero-order valence-electron chi connectivity index (χ0n) is 14.3. The van der Waals surface area contributed by atoms with Crippen molar-refractivity contribution in [2.45, 2.75) is 32.6 Å². The van der Waals surface area contributed by atoms with Gasteiger partial charge in [-0.25, -0.2) is 0 Å². The molecule has 1 aliphatic carbocycles. The number of fused-ring (bicyclic) bond motifs is 1. The molecule has 1 aromatic carbocycles. The summed E-state index contributed by atoms with van der Waals surface area (Å²) in [5, 5.41) is 20.8. The highest BCUT2D eigenvalue weighted by Gasteiger charge is 2.37. The standard InChI is InChI=1S/C18H20O7/c1-4-5-9(19)6-7-10-14(20)13-11(16(22)15(10)21)8-12(24-2)18(25-3)17(13)23/h8,20,23H,4-7H2,1-3H3. The fourth-order valence-corrected chi connectivity index (χ4v) is 2.81. The molecule has 7 heteroatoms. The molecule has 0 aromatic heterocycles. The molecule has 1 aliphatic rings. The number of methoxy groups -OCH3 is 2. The van der Waals surface area contributed by atoms with Gasteiger partial charge in [0.2, 0.25) is 17.3 Å². The molecule has 134 valence electrons. The van der Waals surface area contributed by atoms with Crippen LogP contribution in [0.2, 0.25) is 0 Å². The normalized spacial score (nSPS) is 13.7. The number of aromatic hydroxyl groups is 1. The molecule has 0 amide bonds. The lowest BCUT2D eigenvalue weighted by atomic mass is 9.85. The molecule has 0 radical (unpaired) electrons. The number of ether oxygens (including phenoxy) is 2. The van der Waals surface area contributed by atoms with Crippen LogP contribution < -0.4 is 9.47 Å². The number of allylic oxidation sites excluding steroid dienone is 1. The van der Waals surface area contributed by atoms with Gasteiger partial charge in [0.05, 0.1) is 19.8 Å². The molecule has 0 saturated heterocycles. The SMILES string of the molecule is CCCC(=O)CCC1=C(O)c2c(cc(OC)c(OC)c2O)C(=O)C1=O. The highest BCUT2D eigenvalue weighted by atomic mass is 16.5. The average molecular weight is 348 g/mol. The second kappa shape index (κ2) is 7.38. The zero-order chi connectivity index (χ0) is 18.7. The van der Waals surface area contributed by atoms with Gasteiger partial charge >= 0.3 is 0 Å². The van der Waals surface area contributed by atoms with Crippen molar-refractivity contribution in [3.8, 4) is 17.2 Å². The van der Waals surface area contributed by atoms with Crippen molar-refractivity contribution in [1.29, 1.82) is 0 Å². The van der Waals surface area contributed by atoms with Crippen LogP contribution in [-0.2, 0) is 9.59 Å². The molecule has 2 N–H and O–H groups in total. The number of phenols is 1. The molecular weight excluding hydrogens is 328 g/mol. The summed E-state index contributed by atoms with van der Waals surface area (Å²) in [6.45, 7) is 1.86. The van der Waals surface area contributed by atoms with Crippen LogP contribution in [0.3, 0.4) is 0 Å². The van der Waals surface area contributed by atoms with E-state index in [1.165, 1.54) is 20.3 Å². The molecule has 0 unspecified atom stereocenters. The monoisotopic (exact) mass is 348 g/mol. The van der Waals surface area contributed by atoms with Gasteiger partial charge in [0.1, 0.15) is 11.5 Å². The van der Waals surface area contributed by atoms with Crippen molar-refractivity contribution >= 4 is 23.1 Å². The first kappa shape index (κ1) is 18.5. The topological polar surface area (TPSA) is 110 Å². The summed E-state index contributed by atoms with van der Waals surface area (Å²) in [5.74, 6) is -2.83. The Morgan fingerprint density at radius 3 is 2.32 bits per heavy atom. The number of aliphatic hydroxyl groups excluding tert-OH is 1. The summed E-state index contributed by atoms with van der Waals surface area (Å²) in [6.07, 6.45) is 1.01. The number of hydrogen-bond donors (Lipinski definition) is 2. The quantitative estimate of drug-likeness (QED) is 0.729. The highest BCUT2D eigenvalue weighted by Crippen LogP contribution is 2.46. The van der Waals surface area contributed by atoms with Crippen molar-refractivity contribution in [3.63, 3.8) is 0 Å². The van der Waals surface area contributed by atoms with Crippen LogP contribution in [0.1, 0.15) is 48.5 Å². The third kappa shape index (κ3) is 3.22. The van der Waals surface area contributed by atoms with Crippen molar-refractivity contribution in [2.24, 2.45) is 0 Å². The number of aliphatic hydroxyl groups is 1. The lowest BCUT2D eigenvalue weighted by molar-refractivity contribution is -0.119. The van der Waals surface area contributed by atoms with E-state index in [9.17, 15) is 24.6 Å². The van der Waals surface area contributed by atoms with Gasteiger partial charge < -0.3 is 19.7 Å². The average Bonchev–Trinajstić information content (AvgIpc) is 2.59. The maximum atomic E-state index is 12.4. The summed E-state index contributed by atoms with van der Waals surface area (Å²) in [4.78, 5) is 36.4. The van der Waals surface area contributed by atoms with Crippen molar-refractivity contribution in [3.05, 3.63) is 22.8 Å². The Balaban J connectivity index is 2.55. The molecule has 1 aromatic rings. The number of phenolic OH excluding ortho intramolecular Hbond substituents is 1. The molecule has 2 rings (SSSR count). The van der Waals surface area contributed by atoms with Gasteiger partial charge in [-0.05, 0) is 18.9 Å². The van der Waals surface area contributed by atoms with Gasteiger partial charge in [-0.2, -0.15) is 0 Å². The summed E-state index contributed by atoms with van der Waals surface area (Å²) < 4.78 is 10.1.